The lowest BCUT2D eigenvalue weighted by atomic mass is 9.85. The number of aliphatic carboxylic acids is 1. The van der Waals surface area contributed by atoms with Crippen molar-refractivity contribution in [3.63, 3.8) is 0 Å². The summed E-state index contributed by atoms with van der Waals surface area (Å²) in [6, 6.07) is -1.42. The summed E-state index contributed by atoms with van der Waals surface area (Å²) in [4.78, 5) is 20.7. The van der Waals surface area contributed by atoms with Crippen molar-refractivity contribution in [2.24, 2.45) is 11.7 Å². The maximum absolute atomic E-state index is 10.6. The van der Waals surface area contributed by atoms with Gasteiger partial charge in [-0.1, -0.05) is 13.0 Å². The number of carboxylic acid groups (broad SMARTS) is 1. The van der Waals surface area contributed by atoms with Crippen molar-refractivity contribution < 1.29 is 19.9 Å². The maximum atomic E-state index is 10.6. The molecular weight excluding hydrogens is 228 g/mol. The molecule has 3 atom stereocenters. The number of nitrogens with two attached hydrogens (primary N) is 1. The fourth-order valence-corrected chi connectivity index (χ4v) is 1.72. The number of rotatable bonds is 4. The molecule has 0 amide bonds. The first-order valence-electron chi connectivity index (χ1n) is 5.06. The standard InChI is InChI=1S/C10H14N2O5/c1-5-4-6(12(16)17)2-3-7(5)9(13)8(11)10(14)15/h2-3,5,8-9,13H,4,11H2,1H3,(H,14,15)/t5?,8?,9-/m1/s1. The lowest BCUT2D eigenvalue weighted by molar-refractivity contribution is -0.428. The second-order valence-corrected chi connectivity index (χ2v) is 4.00. The van der Waals surface area contributed by atoms with Crippen LogP contribution < -0.4 is 5.73 Å². The number of nitro groups is 1. The van der Waals surface area contributed by atoms with Gasteiger partial charge in [-0.3, -0.25) is 14.9 Å². The molecule has 7 nitrogen and oxygen atoms in total. The third-order valence-electron chi connectivity index (χ3n) is 2.75. The summed E-state index contributed by atoms with van der Waals surface area (Å²) < 4.78 is 0. The van der Waals surface area contributed by atoms with Crippen molar-refractivity contribution >= 4 is 5.97 Å². The van der Waals surface area contributed by atoms with Crippen LogP contribution in [0.1, 0.15) is 13.3 Å². The monoisotopic (exact) mass is 242 g/mol. The highest BCUT2D eigenvalue weighted by molar-refractivity contribution is 5.74. The van der Waals surface area contributed by atoms with Gasteiger partial charge in [0, 0.05) is 12.5 Å². The Labute approximate surface area is 97.4 Å². The molecule has 94 valence electrons. The van der Waals surface area contributed by atoms with E-state index in [1.807, 2.05) is 0 Å². The van der Waals surface area contributed by atoms with Crippen LogP contribution in [0.3, 0.4) is 0 Å². The van der Waals surface area contributed by atoms with E-state index in [0.717, 1.165) is 0 Å². The Morgan fingerprint density at radius 1 is 1.65 bits per heavy atom. The first-order valence-corrected chi connectivity index (χ1v) is 5.06. The first kappa shape index (κ1) is 13.3. The Kier molecular flexibility index (Phi) is 3.97. The normalized spacial score (nSPS) is 23.4. The quantitative estimate of drug-likeness (QED) is 0.466. The van der Waals surface area contributed by atoms with Gasteiger partial charge in [-0.2, -0.15) is 0 Å². The Morgan fingerprint density at radius 2 is 2.24 bits per heavy atom. The smallest absolute Gasteiger partial charge is 0.323 e. The van der Waals surface area contributed by atoms with E-state index in [2.05, 4.69) is 0 Å². The third-order valence-corrected chi connectivity index (χ3v) is 2.75. The Balaban J connectivity index is 2.92. The van der Waals surface area contributed by atoms with E-state index in [4.69, 9.17) is 10.8 Å². The van der Waals surface area contributed by atoms with Crippen molar-refractivity contribution in [3.05, 3.63) is 33.5 Å². The van der Waals surface area contributed by atoms with Crippen LogP contribution in [-0.2, 0) is 4.79 Å². The van der Waals surface area contributed by atoms with Crippen molar-refractivity contribution in [1.82, 2.24) is 0 Å². The van der Waals surface area contributed by atoms with Gasteiger partial charge in [-0.25, -0.2) is 0 Å². The summed E-state index contributed by atoms with van der Waals surface area (Å²) in [5.74, 6) is -1.62. The van der Waals surface area contributed by atoms with Gasteiger partial charge in [0.05, 0.1) is 4.92 Å². The van der Waals surface area contributed by atoms with Gasteiger partial charge in [0.2, 0.25) is 5.70 Å². The van der Waals surface area contributed by atoms with E-state index < -0.39 is 23.0 Å². The number of hydrogen-bond donors (Lipinski definition) is 3. The molecular formula is C10H14N2O5. The molecule has 0 bridgehead atoms. The van der Waals surface area contributed by atoms with Crippen molar-refractivity contribution in [1.29, 1.82) is 0 Å². The average Bonchev–Trinajstić information content (AvgIpc) is 2.26. The molecule has 0 saturated carbocycles. The number of allylic oxidation sites excluding steroid dienone is 3. The highest BCUT2D eigenvalue weighted by Crippen LogP contribution is 2.28. The maximum Gasteiger partial charge on any atom is 0.323 e. The van der Waals surface area contributed by atoms with Gasteiger partial charge < -0.3 is 15.9 Å². The molecule has 0 spiro atoms. The van der Waals surface area contributed by atoms with Crippen LogP contribution in [0.2, 0.25) is 0 Å². The minimum Gasteiger partial charge on any atom is -0.480 e. The van der Waals surface area contributed by atoms with Crippen LogP contribution in [0.15, 0.2) is 23.4 Å². The van der Waals surface area contributed by atoms with Gasteiger partial charge in [0.15, 0.2) is 0 Å². The van der Waals surface area contributed by atoms with E-state index in [1.54, 1.807) is 6.92 Å². The fourth-order valence-electron chi connectivity index (χ4n) is 1.72. The first-order chi connectivity index (χ1) is 7.84. The van der Waals surface area contributed by atoms with Gasteiger partial charge in [-0.15, -0.1) is 0 Å². The largest absolute Gasteiger partial charge is 0.480 e. The molecule has 1 rings (SSSR count). The van der Waals surface area contributed by atoms with Crippen molar-refractivity contribution in [2.45, 2.75) is 25.5 Å². The zero-order chi connectivity index (χ0) is 13.2. The van der Waals surface area contributed by atoms with Crippen LogP contribution in [0.4, 0.5) is 0 Å². The molecule has 0 aromatic carbocycles. The highest BCUT2D eigenvalue weighted by Gasteiger charge is 2.31. The number of aliphatic hydroxyl groups is 1. The summed E-state index contributed by atoms with van der Waals surface area (Å²) >= 11 is 0. The van der Waals surface area contributed by atoms with Gasteiger partial charge >= 0.3 is 5.97 Å². The molecule has 0 aromatic heterocycles. The SMILES string of the molecule is CC1CC([N+](=O)[O-])=CC=C1[C@@H](O)C(N)C(=O)O. The van der Waals surface area contributed by atoms with E-state index in [0.29, 0.717) is 5.57 Å². The van der Waals surface area contributed by atoms with Gasteiger partial charge in [0.25, 0.3) is 0 Å². The summed E-state index contributed by atoms with van der Waals surface area (Å²) in [5, 5.41) is 29.0. The topological polar surface area (TPSA) is 127 Å². The molecule has 17 heavy (non-hydrogen) atoms. The second kappa shape index (κ2) is 5.07. The number of hydrogen-bond acceptors (Lipinski definition) is 5. The molecule has 7 heteroatoms. The van der Waals surface area contributed by atoms with Gasteiger partial charge in [0.1, 0.15) is 12.1 Å². The van der Waals surface area contributed by atoms with Crippen LogP contribution in [0.25, 0.3) is 0 Å². The summed E-state index contributed by atoms with van der Waals surface area (Å²) in [7, 11) is 0. The molecule has 0 aromatic rings. The van der Waals surface area contributed by atoms with E-state index in [-0.39, 0.29) is 18.0 Å². The average molecular weight is 242 g/mol. The zero-order valence-corrected chi connectivity index (χ0v) is 9.24. The molecule has 0 saturated heterocycles. The van der Waals surface area contributed by atoms with Crippen LogP contribution in [0, 0.1) is 16.0 Å². The molecule has 2 unspecified atom stereocenters. The predicted octanol–water partition coefficient (Wildman–Crippen LogP) is -0.114. The summed E-state index contributed by atoms with van der Waals surface area (Å²) in [6.07, 6.45) is 1.47. The number of carboxylic acids is 1. The molecule has 0 aliphatic heterocycles. The second-order valence-electron chi connectivity index (χ2n) is 4.00. The van der Waals surface area contributed by atoms with Crippen molar-refractivity contribution in [2.75, 3.05) is 0 Å². The number of nitrogens with zero attached hydrogens (tertiary/aromatic N) is 1. The van der Waals surface area contributed by atoms with Crippen LogP contribution >= 0.6 is 0 Å². The minimum atomic E-state index is -1.42. The minimum absolute atomic E-state index is 0.0392. The van der Waals surface area contributed by atoms with E-state index in [9.17, 15) is 20.0 Å². The highest BCUT2D eigenvalue weighted by atomic mass is 16.6. The number of aliphatic hydroxyl groups excluding tert-OH is 1. The van der Waals surface area contributed by atoms with Crippen LogP contribution in [0.5, 0.6) is 0 Å². The van der Waals surface area contributed by atoms with E-state index >= 15 is 0 Å². The predicted molar refractivity (Wildman–Crippen MR) is 58.6 cm³/mol. The molecule has 1 aliphatic rings. The zero-order valence-electron chi connectivity index (χ0n) is 9.24. The lowest BCUT2D eigenvalue weighted by Crippen LogP contribution is -2.44. The molecule has 0 fully saturated rings. The molecule has 0 radical (unpaired) electrons. The number of carbonyl (C=O) groups is 1. The summed E-state index contributed by atoms with van der Waals surface area (Å²) in [5.41, 5.74) is 5.75. The third kappa shape index (κ3) is 2.89. The Bertz CT molecular complexity index is 402. The Hall–Kier alpha value is -1.73. The van der Waals surface area contributed by atoms with E-state index in [1.165, 1.54) is 12.2 Å². The molecule has 4 N–H and O–H groups in total. The molecule has 1 aliphatic carbocycles. The van der Waals surface area contributed by atoms with Crippen molar-refractivity contribution in [3.8, 4) is 0 Å². The lowest BCUT2D eigenvalue weighted by Gasteiger charge is -2.24. The fraction of sp³-hybridized carbons (Fsp3) is 0.500. The molecule has 0 heterocycles. The van der Waals surface area contributed by atoms with Crippen LogP contribution in [-0.4, -0.2) is 33.3 Å². The Morgan fingerprint density at radius 3 is 2.65 bits per heavy atom. The van der Waals surface area contributed by atoms with Gasteiger partial charge in [-0.05, 0) is 11.5 Å². The summed E-state index contributed by atoms with van der Waals surface area (Å²) in [6.45, 7) is 1.68.